The average molecular weight is 313 g/mol. The van der Waals surface area contributed by atoms with Crippen LogP contribution in [0.3, 0.4) is 0 Å². The summed E-state index contributed by atoms with van der Waals surface area (Å²) < 4.78 is 0. The van der Waals surface area contributed by atoms with Crippen molar-refractivity contribution in [3.63, 3.8) is 0 Å². The minimum Gasteiger partial charge on any atom is -0.325 e. The van der Waals surface area contributed by atoms with Gasteiger partial charge in [-0.2, -0.15) is 5.26 Å². The van der Waals surface area contributed by atoms with Crippen LogP contribution in [0.15, 0.2) is 30.3 Å². The van der Waals surface area contributed by atoms with Gasteiger partial charge in [0.2, 0.25) is 0 Å². The predicted molar refractivity (Wildman–Crippen MR) is 87.7 cm³/mol. The van der Waals surface area contributed by atoms with Crippen molar-refractivity contribution in [1.82, 2.24) is 10.2 Å². The second-order valence-electron chi connectivity index (χ2n) is 5.93. The molecule has 0 aromatic heterocycles. The highest BCUT2D eigenvalue weighted by atomic mass is 16.2. The molecule has 5 nitrogen and oxygen atoms in total. The van der Waals surface area contributed by atoms with Crippen molar-refractivity contribution in [2.24, 2.45) is 5.92 Å². The molecule has 1 aromatic rings. The first-order valence-corrected chi connectivity index (χ1v) is 8.24. The summed E-state index contributed by atoms with van der Waals surface area (Å²) in [7, 11) is 0. The summed E-state index contributed by atoms with van der Waals surface area (Å²) in [6.07, 6.45) is 6.93. The highest BCUT2D eigenvalue weighted by Gasteiger charge is 2.24. The van der Waals surface area contributed by atoms with Gasteiger partial charge in [-0.1, -0.05) is 50.3 Å². The van der Waals surface area contributed by atoms with Crippen LogP contribution in [-0.2, 0) is 0 Å². The number of carbonyl (C=O) groups is 2. The van der Waals surface area contributed by atoms with Crippen LogP contribution in [0.25, 0.3) is 0 Å². The Kier molecular flexibility index (Phi) is 6.61. The molecule has 2 rings (SSSR count). The first kappa shape index (κ1) is 17.0. The van der Waals surface area contributed by atoms with Crippen LogP contribution in [0, 0.1) is 17.2 Å². The molecule has 1 aliphatic carbocycles. The van der Waals surface area contributed by atoms with E-state index in [9.17, 15) is 9.59 Å². The van der Waals surface area contributed by atoms with Gasteiger partial charge in [-0.3, -0.25) is 9.69 Å². The topological polar surface area (TPSA) is 73.2 Å². The Morgan fingerprint density at radius 1 is 1.17 bits per heavy atom. The van der Waals surface area contributed by atoms with Crippen LogP contribution >= 0.6 is 0 Å². The average Bonchev–Trinajstić information content (AvgIpc) is 2.61. The molecule has 1 N–H and O–H groups in total. The lowest BCUT2D eigenvalue weighted by Gasteiger charge is -2.26. The molecular weight excluding hydrogens is 290 g/mol. The summed E-state index contributed by atoms with van der Waals surface area (Å²) in [6, 6.07) is 10.2. The van der Waals surface area contributed by atoms with Crippen molar-refractivity contribution < 1.29 is 9.59 Å². The van der Waals surface area contributed by atoms with E-state index in [-0.39, 0.29) is 12.5 Å². The van der Waals surface area contributed by atoms with E-state index >= 15 is 0 Å². The van der Waals surface area contributed by atoms with Gasteiger partial charge < -0.3 is 5.32 Å². The molecule has 23 heavy (non-hydrogen) atoms. The number of carbonyl (C=O) groups excluding carboxylic acids is 2. The van der Waals surface area contributed by atoms with Crippen LogP contribution < -0.4 is 5.32 Å². The van der Waals surface area contributed by atoms with Gasteiger partial charge in [0, 0.05) is 12.1 Å². The number of imide groups is 1. The quantitative estimate of drug-likeness (QED) is 0.847. The Morgan fingerprint density at radius 3 is 2.52 bits per heavy atom. The Balaban J connectivity index is 2.03. The smallest absolute Gasteiger partial charge is 0.325 e. The highest BCUT2D eigenvalue weighted by Crippen LogP contribution is 2.26. The number of amides is 3. The third-order valence-corrected chi connectivity index (χ3v) is 4.32. The van der Waals surface area contributed by atoms with Crippen LogP contribution in [-0.4, -0.2) is 29.9 Å². The third kappa shape index (κ3) is 5.10. The molecule has 1 aliphatic rings. The standard InChI is InChI=1S/C18H23N3O2/c19-12-13-20-18(23)21(14-11-15-7-3-1-4-8-15)17(22)16-9-5-2-6-10-16/h2,5-6,9-10,15H,1,3-4,7-8,11,13-14H2,(H,20,23). The van der Waals surface area contributed by atoms with Crippen molar-refractivity contribution in [3.05, 3.63) is 35.9 Å². The molecule has 0 unspecified atom stereocenters. The summed E-state index contributed by atoms with van der Waals surface area (Å²) in [5.74, 6) is 0.274. The van der Waals surface area contributed by atoms with E-state index in [1.807, 2.05) is 12.1 Å². The Bertz CT molecular complexity index is 559. The SMILES string of the molecule is N#CCNC(=O)N(CCC1CCCCC1)C(=O)c1ccccc1. The van der Waals surface area contributed by atoms with Crippen LogP contribution in [0.1, 0.15) is 48.9 Å². The summed E-state index contributed by atoms with van der Waals surface area (Å²) in [6.45, 7) is 0.302. The maximum absolute atomic E-state index is 12.6. The summed E-state index contributed by atoms with van der Waals surface area (Å²) in [5, 5.41) is 11.1. The number of urea groups is 1. The van der Waals surface area contributed by atoms with E-state index < -0.39 is 6.03 Å². The van der Waals surface area contributed by atoms with Crippen molar-refractivity contribution in [2.75, 3.05) is 13.1 Å². The largest absolute Gasteiger partial charge is 0.325 e. The molecule has 1 saturated carbocycles. The fourth-order valence-electron chi connectivity index (χ4n) is 3.03. The van der Waals surface area contributed by atoms with Gasteiger partial charge in [0.1, 0.15) is 6.54 Å². The summed E-state index contributed by atoms with van der Waals surface area (Å²) >= 11 is 0. The zero-order chi connectivity index (χ0) is 16.5. The summed E-state index contributed by atoms with van der Waals surface area (Å²) in [4.78, 5) is 26.1. The van der Waals surface area contributed by atoms with Crippen LogP contribution in [0.5, 0.6) is 0 Å². The number of nitriles is 1. The van der Waals surface area contributed by atoms with E-state index in [1.54, 1.807) is 24.3 Å². The monoisotopic (exact) mass is 313 g/mol. The fraction of sp³-hybridized carbons (Fsp3) is 0.500. The molecule has 122 valence electrons. The fourth-order valence-corrected chi connectivity index (χ4v) is 3.03. The number of benzene rings is 1. The summed E-state index contributed by atoms with van der Waals surface area (Å²) in [5.41, 5.74) is 0.489. The van der Waals surface area contributed by atoms with E-state index in [4.69, 9.17) is 5.26 Å². The van der Waals surface area contributed by atoms with Gasteiger partial charge >= 0.3 is 6.03 Å². The van der Waals surface area contributed by atoms with E-state index in [1.165, 1.54) is 37.0 Å². The minimum absolute atomic E-state index is 0.0964. The lowest BCUT2D eigenvalue weighted by atomic mass is 9.87. The lowest BCUT2D eigenvalue weighted by Crippen LogP contribution is -2.45. The van der Waals surface area contributed by atoms with E-state index in [0.29, 0.717) is 18.0 Å². The maximum atomic E-state index is 12.6. The molecule has 0 saturated heterocycles. The van der Waals surface area contributed by atoms with Gasteiger partial charge in [-0.25, -0.2) is 4.79 Å². The molecule has 3 amide bonds. The number of hydrogen-bond acceptors (Lipinski definition) is 3. The van der Waals surface area contributed by atoms with Crippen molar-refractivity contribution in [3.8, 4) is 6.07 Å². The van der Waals surface area contributed by atoms with Crippen molar-refractivity contribution in [1.29, 1.82) is 5.26 Å². The Labute approximate surface area is 137 Å². The Morgan fingerprint density at radius 2 is 1.87 bits per heavy atom. The first-order chi connectivity index (χ1) is 11.2. The number of nitrogens with zero attached hydrogens (tertiary/aromatic N) is 2. The molecule has 0 bridgehead atoms. The Hall–Kier alpha value is -2.35. The second kappa shape index (κ2) is 8.94. The van der Waals surface area contributed by atoms with Crippen LogP contribution in [0.2, 0.25) is 0 Å². The van der Waals surface area contributed by atoms with E-state index in [2.05, 4.69) is 5.32 Å². The molecule has 5 heteroatoms. The van der Waals surface area contributed by atoms with Gasteiger partial charge in [0.05, 0.1) is 6.07 Å². The molecule has 0 aliphatic heterocycles. The number of rotatable bonds is 5. The lowest BCUT2D eigenvalue weighted by molar-refractivity contribution is 0.0790. The molecule has 0 radical (unpaired) electrons. The van der Waals surface area contributed by atoms with Gasteiger partial charge in [-0.05, 0) is 24.5 Å². The van der Waals surface area contributed by atoms with Crippen molar-refractivity contribution >= 4 is 11.9 Å². The first-order valence-electron chi connectivity index (χ1n) is 8.24. The van der Waals surface area contributed by atoms with Crippen LogP contribution in [0.4, 0.5) is 4.79 Å². The predicted octanol–water partition coefficient (Wildman–Crippen LogP) is 3.33. The molecule has 0 spiro atoms. The second-order valence-corrected chi connectivity index (χ2v) is 5.93. The normalized spacial score (nSPS) is 14.7. The highest BCUT2D eigenvalue weighted by molar-refractivity contribution is 6.04. The van der Waals surface area contributed by atoms with Gasteiger partial charge in [-0.15, -0.1) is 0 Å². The zero-order valence-electron chi connectivity index (χ0n) is 13.3. The molecule has 1 aromatic carbocycles. The van der Waals surface area contributed by atoms with E-state index in [0.717, 1.165) is 6.42 Å². The number of hydrogen-bond donors (Lipinski definition) is 1. The molecule has 0 heterocycles. The number of nitrogens with one attached hydrogen (secondary N) is 1. The zero-order valence-corrected chi connectivity index (χ0v) is 13.3. The third-order valence-electron chi connectivity index (χ3n) is 4.32. The molecule has 0 atom stereocenters. The van der Waals surface area contributed by atoms with Crippen molar-refractivity contribution in [2.45, 2.75) is 38.5 Å². The van der Waals surface area contributed by atoms with Gasteiger partial charge in [0.25, 0.3) is 5.91 Å². The maximum Gasteiger partial charge on any atom is 0.325 e. The molecule has 1 fully saturated rings. The minimum atomic E-state index is -0.490. The molecular formula is C18H23N3O2. The van der Waals surface area contributed by atoms with Gasteiger partial charge in [0.15, 0.2) is 0 Å².